The van der Waals surface area contributed by atoms with Crippen molar-refractivity contribution in [3.05, 3.63) is 28.8 Å². The Balaban J connectivity index is 3.15. The van der Waals surface area contributed by atoms with Crippen LogP contribution in [0.1, 0.15) is 77.5 Å². The Labute approximate surface area is 130 Å². The third-order valence-electron chi connectivity index (χ3n) is 3.91. The molecule has 0 aliphatic heterocycles. The van der Waals surface area contributed by atoms with Crippen molar-refractivity contribution in [1.29, 1.82) is 0 Å². The SMILES string of the molecule is CC(C)(C)c1cc(CCCCCO)cc(C(C)(C)C)c1O. The number of phenolic OH excluding ortho intramolecular Hbond substituents is 1. The van der Waals surface area contributed by atoms with Crippen LogP contribution < -0.4 is 0 Å². The normalized spacial score (nSPS) is 12.7. The van der Waals surface area contributed by atoms with Gasteiger partial charge in [-0.2, -0.15) is 0 Å². The van der Waals surface area contributed by atoms with Gasteiger partial charge in [-0.3, -0.25) is 0 Å². The monoisotopic (exact) mass is 292 g/mol. The van der Waals surface area contributed by atoms with Crippen LogP contribution in [-0.4, -0.2) is 16.8 Å². The zero-order valence-electron chi connectivity index (χ0n) is 14.6. The smallest absolute Gasteiger partial charge is 0.123 e. The molecule has 1 rings (SSSR count). The number of aromatic hydroxyl groups is 1. The number of hydrogen-bond donors (Lipinski definition) is 2. The Morgan fingerprint density at radius 1 is 0.810 bits per heavy atom. The largest absolute Gasteiger partial charge is 0.507 e. The topological polar surface area (TPSA) is 40.5 Å². The first-order valence-corrected chi connectivity index (χ1v) is 8.05. The standard InChI is InChI=1S/C19H32O2/c1-18(2,3)15-12-14(10-8-7-9-11-20)13-16(17(15)21)19(4,5)6/h12-13,20-21H,7-11H2,1-6H3. The van der Waals surface area contributed by atoms with Gasteiger partial charge in [0.2, 0.25) is 0 Å². The molecule has 0 amide bonds. The molecule has 0 saturated heterocycles. The summed E-state index contributed by atoms with van der Waals surface area (Å²) < 4.78 is 0. The number of aliphatic hydroxyl groups excluding tert-OH is 1. The molecule has 0 saturated carbocycles. The Morgan fingerprint density at radius 2 is 1.29 bits per heavy atom. The first-order valence-electron chi connectivity index (χ1n) is 8.05. The fraction of sp³-hybridized carbons (Fsp3) is 0.684. The van der Waals surface area contributed by atoms with Crippen LogP contribution >= 0.6 is 0 Å². The van der Waals surface area contributed by atoms with E-state index in [2.05, 4.69) is 53.7 Å². The van der Waals surface area contributed by atoms with Gasteiger partial charge in [-0.15, -0.1) is 0 Å². The maximum atomic E-state index is 10.7. The van der Waals surface area contributed by atoms with Crippen molar-refractivity contribution in [3.63, 3.8) is 0 Å². The van der Waals surface area contributed by atoms with E-state index in [1.807, 2.05) is 0 Å². The second-order valence-corrected chi connectivity index (χ2v) is 8.07. The Hall–Kier alpha value is -1.02. The first-order chi connectivity index (χ1) is 9.57. The van der Waals surface area contributed by atoms with Crippen LogP contribution in [0.4, 0.5) is 0 Å². The van der Waals surface area contributed by atoms with Crippen LogP contribution in [0.3, 0.4) is 0 Å². The molecular formula is C19H32O2. The van der Waals surface area contributed by atoms with Crippen molar-refractivity contribution in [1.82, 2.24) is 0 Å². The first kappa shape index (κ1) is 18.0. The molecule has 0 aliphatic rings. The summed E-state index contributed by atoms with van der Waals surface area (Å²) in [6, 6.07) is 4.31. The Kier molecular flexibility index (Phi) is 5.86. The third-order valence-corrected chi connectivity index (χ3v) is 3.91. The van der Waals surface area contributed by atoms with Crippen LogP contribution in [0.5, 0.6) is 5.75 Å². The number of aryl methyl sites for hydroxylation is 1. The van der Waals surface area contributed by atoms with Crippen molar-refractivity contribution < 1.29 is 10.2 Å². The van der Waals surface area contributed by atoms with Gasteiger partial charge in [-0.05, 0) is 46.8 Å². The summed E-state index contributed by atoms with van der Waals surface area (Å²) in [7, 11) is 0. The third kappa shape index (κ3) is 5.03. The van der Waals surface area contributed by atoms with Gasteiger partial charge in [0, 0.05) is 6.61 Å². The molecule has 0 unspecified atom stereocenters. The average Bonchev–Trinajstić information content (AvgIpc) is 2.33. The van der Waals surface area contributed by atoms with Gasteiger partial charge in [0.15, 0.2) is 0 Å². The summed E-state index contributed by atoms with van der Waals surface area (Å²) in [6.07, 6.45) is 4.01. The molecular weight excluding hydrogens is 260 g/mol. The number of unbranched alkanes of at least 4 members (excludes halogenated alkanes) is 2. The van der Waals surface area contributed by atoms with Crippen LogP contribution in [-0.2, 0) is 17.3 Å². The molecule has 1 aromatic carbocycles. The Bertz CT molecular complexity index is 426. The minimum Gasteiger partial charge on any atom is -0.507 e. The molecule has 0 atom stereocenters. The zero-order valence-corrected chi connectivity index (χ0v) is 14.6. The van der Waals surface area contributed by atoms with E-state index >= 15 is 0 Å². The summed E-state index contributed by atoms with van der Waals surface area (Å²) in [4.78, 5) is 0. The van der Waals surface area contributed by atoms with Gasteiger partial charge in [0.25, 0.3) is 0 Å². The highest BCUT2D eigenvalue weighted by atomic mass is 16.3. The van der Waals surface area contributed by atoms with Crippen LogP contribution in [0, 0.1) is 0 Å². The second kappa shape index (κ2) is 6.83. The van der Waals surface area contributed by atoms with Gasteiger partial charge < -0.3 is 10.2 Å². The number of benzene rings is 1. The minimum atomic E-state index is -0.0643. The quantitative estimate of drug-likeness (QED) is 0.773. The van der Waals surface area contributed by atoms with Crippen molar-refractivity contribution in [3.8, 4) is 5.75 Å². The van der Waals surface area contributed by atoms with Gasteiger partial charge >= 0.3 is 0 Å². The number of phenols is 1. The van der Waals surface area contributed by atoms with E-state index in [4.69, 9.17) is 5.11 Å². The molecule has 0 bridgehead atoms. The molecule has 2 heteroatoms. The molecule has 1 aromatic rings. The maximum absolute atomic E-state index is 10.7. The van der Waals surface area contributed by atoms with Gasteiger partial charge in [-0.1, -0.05) is 60.1 Å². The molecule has 0 radical (unpaired) electrons. The zero-order chi connectivity index (χ0) is 16.3. The van der Waals surface area contributed by atoms with Crippen molar-refractivity contribution >= 4 is 0 Å². The summed E-state index contributed by atoms with van der Waals surface area (Å²) in [5, 5.41) is 19.5. The van der Waals surface area contributed by atoms with E-state index < -0.39 is 0 Å². The number of rotatable bonds is 5. The maximum Gasteiger partial charge on any atom is 0.123 e. The second-order valence-electron chi connectivity index (χ2n) is 8.07. The lowest BCUT2D eigenvalue weighted by molar-refractivity contribution is 0.283. The lowest BCUT2D eigenvalue weighted by atomic mass is 9.78. The predicted octanol–water partition coefficient (Wildman–Crippen LogP) is 4.69. The predicted molar refractivity (Wildman–Crippen MR) is 90.1 cm³/mol. The molecule has 120 valence electrons. The highest BCUT2D eigenvalue weighted by Crippen LogP contribution is 2.40. The van der Waals surface area contributed by atoms with Gasteiger partial charge in [0.05, 0.1) is 0 Å². The molecule has 0 aliphatic carbocycles. The molecule has 0 spiro atoms. The molecule has 0 fully saturated rings. The van der Waals surface area contributed by atoms with Crippen molar-refractivity contribution in [2.24, 2.45) is 0 Å². The van der Waals surface area contributed by atoms with Crippen molar-refractivity contribution in [2.75, 3.05) is 6.61 Å². The van der Waals surface area contributed by atoms with Gasteiger partial charge in [0.1, 0.15) is 5.75 Å². The van der Waals surface area contributed by atoms with E-state index in [0.29, 0.717) is 5.75 Å². The number of hydrogen-bond acceptors (Lipinski definition) is 2. The van der Waals surface area contributed by atoms with E-state index in [1.54, 1.807) is 0 Å². The highest BCUT2D eigenvalue weighted by molar-refractivity contribution is 5.49. The fourth-order valence-corrected chi connectivity index (χ4v) is 2.60. The van der Waals surface area contributed by atoms with Crippen LogP contribution in [0.25, 0.3) is 0 Å². The lowest BCUT2D eigenvalue weighted by Gasteiger charge is -2.28. The fourth-order valence-electron chi connectivity index (χ4n) is 2.60. The average molecular weight is 292 g/mol. The molecule has 21 heavy (non-hydrogen) atoms. The van der Waals surface area contributed by atoms with E-state index in [1.165, 1.54) is 5.56 Å². The molecule has 2 nitrogen and oxygen atoms in total. The van der Waals surface area contributed by atoms with E-state index in [9.17, 15) is 5.11 Å². The van der Waals surface area contributed by atoms with E-state index in [-0.39, 0.29) is 17.4 Å². The van der Waals surface area contributed by atoms with Crippen LogP contribution in [0.15, 0.2) is 12.1 Å². The van der Waals surface area contributed by atoms with Crippen molar-refractivity contribution in [2.45, 2.75) is 78.1 Å². The van der Waals surface area contributed by atoms with Crippen LogP contribution in [0.2, 0.25) is 0 Å². The van der Waals surface area contributed by atoms with E-state index in [0.717, 1.165) is 36.8 Å². The lowest BCUT2D eigenvalue weighted by Crippen LogP contribution is -2.18. The summed E-state index contributed by atoms with van der Waals surface area (Å²) in [6.45, 7) is 13.1. The molecule has 0 heterocycles. The highest BCUT2D eigenvalue weighted by Gasteiger charge is 2.26. The summed E-state index contributed by atoms with van der Waals surface area (Å²) in [5.41, 5.74) is 3.23. The minimum absolute atomic E-state index is 0.0643. The number of aliphatic hydroxyl groups is 1. The molecule has 0 aromatic heterocycles. The Morgan fingerprint density at radius 3 is 1.67 bits per heavy atom. The van der Waals surface area contributed by atoms with Gasteiger partial charge in [-0.25, -0.2) is 0 Å². The summed E-state index contributed by atoms with van der Waals surface area (Å²) >= 11 is 0. The summed E-state index contributed by atoms with van der Waals surface area (Å²) in [5.74, 6) is 0.453. The molecule has 2 N–H and O–H groups in total.